The van der Waals surface area contributed by atoms with Gasteiger partial charge in [-0.15, -0.1) is 0 Å². The molecule has 4 rings (SSSR count). The molecule has 8 heteroatoms. The van der Waals surface area contributed by atoms with Crippen LogP contribution in [0.5, 0.6) is 0 Å². The van der Waals surface area contributed by atoms with Crippen LogP contribution in [-0.4, -0.2) is 30.1 Å². The highest BCUT2D eigenvalue weighted by atomic mass is 35.5. The largest absolute Gasteiger partial charge is 0.333 e. The van der Waals surface area contributed by atoms with Crippen molar-refractivity contribution < 1.29 is 13.2 Å². The Balaban J connectivity index is 1.66. The van der Waals surface area contributed by atoms with Gasteiger partial charge >= 0.3 is 0 Å². The number of nitrogens with zero attached hydrogens (tertiary/aromatic N) is 2. The van der Waals surface area contributed by atoms with Crippen molar-refractivity contribution in [2.75, 3.05) is 6.54 Å². The maximum atomic E-state index is 13.7. The number of carbonyl (C=O) groups excluding carboxylic acids is 1. The summed E-state index contributed by atoms with van der Waals surface area (Å²) >= 11 is 12.1. The van der Waals surface area contributed by atoms with Gasteiger partial charge in [-0.25, -0.2) is 8.42 Å². The summed E-state index contributed by atoms with van der Waals surface area (Å²) in [6, 6.07) is 32.1. The van der Waals surface area contributed by atoms with Crippen LogP contribution >= 0.6 is 23.2 Å². The number of halogens is 2. The Kier molecular flexibility index (Phi) is 9.00. The summed E-state index contributed by atoms with van der Waals surface area (Å²) in [6.07, 6.45) is 0. The molecule has 0 radical (unpaired) electrons. The summed E-state index contributed by atoms with van der Waals surface area (Å²) in [4.78, 5) is 15.5. The molecule has 0 spiro atoms. The molecule has 37 heavy (non-hydrogen) atoms. The summed E-state index contributed by atoms with van der Waals surface area (Å²) in [7, 11) is -4.02. The number of hydrogen-bond acceptors (Lipinski definition) is 3. The maximum absolute atomic E-state index is 13.7. The normalized spacial score (nSPS) is 11.4. The number of rotatable bonds is 10. The summed E-state index contributed by atoms with van der Waals surface area (Å²) in [5.74, 6) is -0.313. The fourth-order valence-corrected chi connectivity index (χ4v) is 5.63. The highest BCUT2D eigenvalue weighted by Gasteiger charge is 2.29. The van der Waals surface area contributed by atoms with Crippen molar-refractivity contribution in [3.05, 3.63) is 136 Å². The van der Waals surface area contributed by atoms with Gasteiger partial charge in [-0.2, -0.15) is 4.31 Å². The van der Waals surface area contributed by atoms with Crippen molar-refractivity contribution in [2.24, 2.45) is 0 Å². The van der Waals surface area contributed by atoms with E-state index in [1.807, 2.05) is 60.7 Å². The lowest BCUT2D eigenvalue weighted by molar-refractivity contribution is -0.132. The van der Waals surface area contributed by atoms with E-state index in [1.165, 1.54) is 28.6 Å². The van der Waals surface area contributed by atoms with E-state index < -0.39 is 10.0 Å². The summed E-state index contributed by atoms with van der Waals surface area (Å²) in [5, 5.41) is 0.913. The van der Waals surface area contributed by atoms with E-state index in [0.717, 1.165) is 11.1 Å². The van der Waals surface area contributed by atoms with Crippen molar-refractivity contribution in [1.29, 1.82) is 0 Å². The van der Waals surface area contributed by atoms with Crippen LogP contribution in [0.2, 0.25) is 10.0 Å². The van der Waals surface area contributed by atoms with Crippen molar-refractivity contribution in [3.63, 3.8) is 0 Å². The number of sulfonamides is 1. The molecule has 0 N–H and O–H groups in total. The highest BCUT2D eigenvalue weighted by molar-refractivity contribution is 7.89. The van der Waals surface area contributed by atoms with E-state index in [-0.39, 0.29) is 23.9 Å². The summed E-state index contributed by atoms with van der Waals surface area (Å²) in [5.41, 5.74) is 2.58. The fourth-order valence-electron chi connectivity index (χ4n) is 3.91. The average molecular weight is 554 g/mol. The van der Waals surface area contributed by atoms with E-state index in [4.69, 9.17) is 23.2 Å². The molecule has 0 atom stereocenters. The molecule has 0 aliphatic carbocycles. The van der Waals surface area contributed by atoms with Gasteiger partial charge in [-0.1, -0.05) is 96.0 Å². The Hall–Kier alpha value is -3.16. The van der Waals surface area contributed by atoms with Gasteiger partial charge in [0.1, 0.15) is 0 Å². The van der Waals surface area contributed by atoms with Crippen LogP contribution in [-0.2, 0) is 34.5 Å². The lowest BCUT2D eigenvalue weighted by atomic mass is 10.1. The Morgan fingerprint density at radius 1 is 0.622 bits per heavy atom. The number of carbonyl (C=O) groups is 1. The fraction of sp³-hybridized carbons (Fsp3) is 0.138. The quantitative estimate of drug-likeness (QED) is 0.228. The molecular weight excluding hydrogens is 527 g/mol. The minimum Gasteiger partial charge on any atom is -0.333 e. The lowest BCUT2D eigenvalue weighted by Crippen LogP contribution is -2.42. The van der Waals surface area contributed by atoms with E-state index in [2.05, 4.69) is 0 Å². The van der Waals surface area contributed by atoms with Gasteiger partial charge in [0.15, 0.2) is 0 Å². The lowest BCUT2D eigenvalue weighted by Gasteiger charge is -2.28. The monoisotopic (exact) mass is 552 g/mol. The van der Waals surface area contributed by atoms with Gasteiger partial charge in [-0.3, -0.25) is 4.79 Å². The second kappa shape index (κ2) is 12.4. The minimum atomic E-state index is -4.02. The van der Waals surface area contributed by atoms with Crippen LogP contribution in [0.25, 0.3) is 0 Å². The molecular formula is C29H26Cl2N2O3S. The van der Waals surface area contributed by atoms with Crippen LogP contribution in [0.15, 0.2) is 114 Å². The summed E-state index contributed by atoms with van der Waals surface area (Å²) < 4.78 is 28.6. The predicted octanol–water partition coefficient (Wildman–Crippen LogP) is 6.41. The number of amides is 1. The maximum Gasteiger partial charge on any atom is 0.243 e. The second-order valence-corrected chi connectivity index (χ2v) is 11.4. The first-order valence-corrected chi connectivity index (χ1v) is 13.9. The smallest absolute Gasteiger partial charge is 0.243 e. The molecule has 0 aliphatic heterocycles. The topological polar surface area (TPSA) is 57.7 Å². The van der Waals surface area contributed by atoms with Gasteiger partial charge in [0.2, 0.25) is 15.9 Å². The van der Waals surface area contributed by atoms with Crippen molar-refractivity contribution in [1.82, 2.24) is 9.21 Å². The van der Waals surface area contributed by atoms with Crippen LogP contribution in [0.4, 0.5) is 0 Å². The molecule has 0 heterocycles. The number of benzene rings is 4. The molecule has 0 unspecified atom stereocenters. The van der Waals surface area contributed by atoms with Crippen LogP contribution in [0.3, 0.4) is 0 Å². The third-order valence-electron chi connectivity index (χ3n) is 5.80. The van der Waals surface area contributed by atoms with E-state index in [1.54, 1.807) is 29.2 Å². The molecule has 0 fully saturated rings. The molecule has 1 amide bonds. The second-order valence-electron chi connectivity index (χ2n) is 8.58. The van der Waals surface area contributed by atoms with E-state index >= 15 is 0 Å². The standard InChI is InChI=1S/C29H26Cl2N2O3S/c30-26-14-16-28(17-15-26)37(35,36)33(21-25-12-7-13-27(31)18-25)22-29(34)32(19-23-8-3-1-4-9-23)20-24-10-5-2-6-11-24/h1-18H,19-22H2. The third-order valence-corrected chi connectivity index (χ3v) is 8.09. The molecule has 4 aromatic carbocycles. The number of hydrogen-bond donors (Lipinski definition) is 0. The SMILES string of the molecule is O=C(CN(Cc1cccc(Cl)c1)S(=O)(=O)c1ccc(Cl)cc1)N(Cc1ccccc1)Cc1ccccc1. The first-order valence-electron chi connectivity index (χ1n) is 11.7. The Morgan fingerprint density at radius 2 is 1.16 bits per heavy atom. The van der Waals surface area contributed by atoms with Gasteiger partial charge < -0.3 is 4.90 Å². The molecule has 0 aromatic heterocycles. The Morgan fingerprint density at radius 3 is 1.70 bits per heavy atom. The zero-order valence-corrected chi connectivity index (χ0v) is 22.3. The van der Waals surface area contributed by atoms with Gasteiger partial charge in [0, 0.05) is 29.7 Å². The van der Waals surface area contributed by atoms with Crippen LogP contribution in [0, 0.1) is 0 Å². The third kappa shape index (κ3) is 7.43. The van der Waals surface area contributed by atoms with Gasteiger partial charge in [0.05, 0.1) is 11.4 Å². The molecule has 0 saturated heterocycles. The van der Waals surface area contributed by atoms with Crippen molar-refractivity contribution in [3.8, 4) is 0 Å². The molecule has 0 saturated carbocycles. The molecule has 5 nitrogen and oxygen atoms in total. The predicted molar refractivity (Wildman–Crippen MR) is 148 cm³/mol. The van der Waals surface area contributed by atoms with E-state index in [0.29, 0.717) is 28.7 Å². The van der Waals surface area contributed by atoms with Crippen LogP contribution < -0.4 is 0 Å². The van der Waals surface area contributed by atoms with E-state index in [9.17, 15) is 13.2 Å². The Bertz CT molecular complexity index is 1390. The summed E-state index contributed by atoms with van der Waals surface area (Å²) in [6.45, 7) is 0.347. The first kappa shape index (κ1) is 26.9. The van der Waals surface area contributed by atoms with Crippen molar-refractivity contribution >= 4 is 39.1 Å². The molecule has 0 aliphatic rings. The van der Waals surface area contributed by atoms with Crippen molar-refractivity contribution in [2.45, 2.75) is 24.5 Å². The Labute approximate surface area is 227 Å². The average Bonchev–Trinajstić information content (AvgIpc) is 2.89. The van der Waals surface area contributed by atoms with Gasteiger partial charge in [-0.05, 0) is 53.1 Å². The zero-order chi connectivity index (χ0) is 26.3. The molecule has 4 aromatic rings. The minimum absolute atomic E-state index is 0.0121. The highest BCUT2D eigenvalue weighted by Crippen LogP contribution is 2.22. The van der Waals surface area contributed by atoms with Gasteiger partial charge in [0.25, 0.3) is 0 Å². The zero-order valence-electron chi connectivity index (χ0n) is 20.0. The first-order chi connectivity index (χ1) is 17.8. The van der Waals surface area contributed by atoms with Crippen LogP contribution in [0.1, 0.15) is 16.7 Å². The molecule has 0 bridgehead atoms. The molecule has 190 valence electrons.